The maximum atomic E-state index is 9.70. The van der Waals surface area contributed by atoms with Crippen molar-refractivity contribution in [3.63, 3.8) is 0 Å². The van der Waals surface area contributed by atoms with Crippen LogP contribution in [0.3, 0.4) is 0 Å². The SMILES string of the molecule is Cc1c(O)ccc2c1OCC(Cc1ccc(O)cc1)C2. The van der Waals surface area contributed by atoms with Crippen molar-refractivity contribution in [2.45, 2.75) is 19.8 Å². The third kappa shape index (κ3) is 2.44. The van der Waals surface area contributed by atoms with Crippen molar-refractivity contribution in [2.75, 3.05) is 6.61 Å². The third-order valence-corrected chi connectivity index (χ3v) is 3.89. The Hall–Kier alpha value is -2.16. The lowest BCUT2D eigenvalue weighted by molar-refractivity contribution is 0.219. The Morgan fingerprint density at radius 2 is 1.85 bits per heavy atom. The van der Waals surface area contributed by atoms with Crippen molar-refractivity contribution in [2.24, 2.45) is 5.92 Å². The molecule has 3 nitrogen and oxygen atoms in total. The van der Waals surface area contributed by atoms with Crippen LogP contribution in [0.25, 0.3) is 0 Å². The average Bonchev–Trinajstić information content (AvgIpc) is 2.46. The highest BCUT2D eigenvalue weighted by atomic mass is 16.5. The van der Waals surface area contributed by atoms with E-state index in [1.54, 1.807) is 18.2 Å². The van der Waals surface area contributed by atoms with E-state index in [4.69, 9.17) is 4.74 Å². The van der Waals surface area contributed by atoms with E-state index in [2.05, 4.69) is 0 Å². The van der Waals surface area contributed by atoms with Crippen molar-refractivity contribution < 1.29 is 14.9 Å². The number of phenols is 2. The lowest BCUT2D eigenvalue weighted by Gasteiger charge is -2.27. The largest absolute Gasteiger partial charge is 0.508 e. The number of hydrogen-bond donors (Lipinski definition) is 2. The molecule has 1 unspecified atom stereocenters. The van der Waals surface area contributed by atoms with Gasteiger partial charge in [-0.15, -0.1) is 0 Å². The van der Waals surface area contributed by atoms with Gasteiger partial charge in [0.05, 0.1) is 6.61 Å². The Kier molecular flexibility index (Phi) is 3.26. The summed E-state index contributed by atoms with van der Waals surface area (Å²) in [4.78, 5) is 0. The summed E-state index contributed by atoms with van der Waals surface area (Å²) >= 11 is 0. The molecule has 0 saturated carbocycles. The highest BCUT2D eigenvalue weighted by Gasteiger charge is 2.22. The second kappa shape index (κ2) is 5.08. The molecule has 0 saturated heterocycles. The zero-order valence-corrected chi connectivity index (χ0v) is 11.5. The molecule has 1 heterocycles. The second-order valence-electron chi connectivity index (χ2n) is 5.45. The predicted molar refractivity (Wildman–Crippen MR) is 77.3 cm³/mol. The van der Waals surface area contributed by atoms with Gasteiger partial charge in [-0.2, -0.15) is 0 Å². The number of aromatic hydroxyl groups is 2. The van der Waals surface area contributed by atoms with Crippen LogP contribution in [0.2, 0.25) is 0 Å². The summed E-state index contributed by atoms with van der Waals surface area (Å²) in [5.74, 6) is 1.86. The Morgan fingerprint density at radius 1 is 1.10 bits per heavy atom. The van der Waals surface area contributed by atoms with E-state index in [1.807, 2.05) is 25.1 Å². The maximum absolute atomic E-state index is 9.70. The monoisotopic (exact) mass is 270 g/mol. The minimum absolute atomic E-state index is 0.292. The van der Waals surface area contributed by atoms with E-state index in [-0.39, 0.29) is 0 Å². The van der Waals surface area contributed by atoms with Crippen LogP contribution in [-0.2, 0) is 12.8 Å². The smallest absolute Gasteiger partial charge is 0.129 e. The molecule has 2 aromatic carbocycles. The number of benzene rings is 2. The minimum atomic E-state index is 0.292. The van der Waals surface area contributed by atoms with Gasteiger partial charge in [0, 0.05) is 11.5 Å². The standard InChI is InChI=1S/C17H18O3/c1-11-16(19)7-4-14-9-13(10-20-17(11)14)8-12-2-5-15(18)6-3-12/h2-7,13,18-19H,8-10H2,1H3. The third-order valence-electron chi connectivity index (χ3n) is 3.89. The van der Waals surface area contributed by atoms with Gasteiger partial charge in [0.15, 0.2) is 0 Å². The van der Waals surface area contributed by atoms with Gasteiger partial charge in [0.25, 0.3) is 0 Å². The first-order valence-corrected chi connectivity index (χ1v) is 6.85. The van der Waals surface area contributed by atoms with E-state index in [0.717, 1.165) is 29.7 Å². The second-order valence-corrected chi connectivity index (χ2v) is 5.45. The first kappa shape index (κ1) is 12.9. The fourth-order valence-corrected chi connectivity index (χ4v) is 2.77. The molecule has 2 N–H and O–H groups in total. The Labute approximate surface area is 118 Å². The van der Waals surface area contributed by atoms with E-state index in [1.165, 1.54) is 5.56 Å². The summed E-state index contributed by atoms with van der Waals surface area (Å²) in [6.07, 6.45) is 1.89. The lowest BCUT2D eigenvalue weighted by Crippen LogP contribution is -2.23. The molecule has 3 rings (SSSR count). The van der Waals surface area contributed by atoms with Gasteiger partial charge in [0.2, 0.25) is 0 Å². The summed E-state index contributed by atoms with van der Waals surface area (Å²) in [6, 6.07) is 11.0. The Balaban J connectivity index is 1.76. The summed E-state index contributed by atoms with van der Waals surface area (Å²) in [6.45, 7) is 2.55. The van der Waals surface area contributed by atoms with Crippen molar-refractivity contribution in [3.8, 4) is 17.2 Å². The molecule has 3 heteroatoms. The molecule has 0 spiro atoms. The summed E-state index contributed by atoms with van der Waals surface area (Å²) in [7, 11) is 0. The average molecular weight is 270 g/mol. The van der Waals surface area contributed by atoms with E-state index < -0.39 is 0 Å². The van der Waals surface area contributed by atoms with E-state index in [9.17, 15) is 10.2 Å². The molecule has 1 aliphatic rings. The van der Waals surface area contributed by atoms with Crippen LogP contribution >= 0.6 is 0 Å². The van der Waals surface area contributed by atoms with Gasteiger partial charge in [-0.05, 0) is 49.1 Å². The summed E-state index contributed by atoms with van der Waals surface area (Å²) < 4.78 is 5.83. The van der Waals surface area contributed by atoms with Gasteiger partial charge in [-0.25, -0.2) is 0 Å². The van der Waals surface area contributed by atoms with Crippen molar-refractivity contribution in [1.82, 2.24) is 0 Å². The molecule has 1 atom stereocenters. The zero-order chi connectivity index (χ0) is 14.1. The molecule has 1 aliphatic heterocycles. The minimum Gasteiger partial charge on any atom is -0.508 e. The number of rotatable bonds is 2. The molecule has 104 valence electrons. The fraction of sp³-hybridized carbons (Fsp3) is 0.294. The fourth-order valence-electron chi connectivity index (χ4n) is 2.77. The number of ether oxygens (including phenoxy) is 1. The van der Waals surface area contributed by atoms with Gasteiger partial charge >= 0.3 is 0 Å². The van der Waals surface area contributed by atoms with Crippen LogP contribution in [0, 0.1) is 12.8 Å². The van der Waals surface area contributed by atoms with Crippen LogP contribution in [0.4, 0.5) is 0 Å². The Morgan fingerprint density at radius 3 is 2.60 bits per heavy atom. The van der Waals surface area contributed by atoms with Gasteiger partial charge < -0.3 is 14.9 Å². The summed E-state index contributed by atoms with van der Waals surface area (Å²) in [5.41, 5.74) is 3.19. The van der Waals surface area contributed by atoms with Crippen molar-refractivity contribution >= 4 is 0 Å². The first-order valence-electron chi connectivity index (χ1n) is 6.85. The van der Waals surface area contributed by atoms with Gasteiger partial charge in [0.1, 0.15) is 17.2 Å². The van der Waals surface area contributed by atoms with Crippen LogP contribution in [-0.4, -0.2) is 16.8 Å². The first-order chi connectivity index (χ1) is 9.63. The molecule has 0 aliphatic carbocycles. The molecular formula is C17H18O3. The molecule has 0 aromatic heterocycles. The normalized spacial score (nSPS) is 17.4. The van der Waals surface area contributed by atoms with Gasteiger partial charge in [-0.3, -0.25) is 0 Å². The molecule has 0 fully saturated rings. The number of fused-ring (bicyclic) bond motifs is 1. The lowest BCUT2D eigenvalue weighted by atomic mass is 9.90. The molecule has 20 heavy (non-hydrogen) atoms. The highest BCUT2D eigenvalue weighted by molar-refractivity contribution is 5.49. The van der Waals surface area contributed by atoms with Crippen LogP contribution in [0.5, 0.6) is 17.2 Å². The highest BCUT2D eigenvalue weighted by Crippen LogP contribution is 2.36. The quantitative estimate of drug-likeness (QED) is 0.881. The Bertz CT molecular complexity index is 617. The van der Waals surface area contributed by atoms with Crippen molar-refractivity contribution in [3.05, 3.63) is 53.1 Å². The maximum Gasteiger partial charge on any atom is 0.129 e. The van der Waals surface area contributed by atoms with Gasteiger partial charge in [-0.1, -0.05) is 18.2 Å². The zero-order valence-electron chi connectivity index (χ0n) is 11.5. The van der Waals surface area contributed by atoms with Crippen LogP contribution < -0.4 is 4.74 Å². The topological polar surface area (TPSA) is 49.7 Å². The van der Waals surface area contributed by atoms with Crippen LogP contribution in [0.1, 0.15) is 16.7 Å². The van der Waals surface area contributed by atoms with Crippen LogP contribution in [0.15, 0.2) is 36.4 Å². The molecule has 2 aromatic rings. The number of hydrogen-bond acceptors (Lipinski definition) is 3. The summed E-state index contributed by atoms with van der Waals surface area (Å²) in [5, 5.41) is 19.0. The number of phenolic OH excluding ortho intramolecular Hbond substituents is 2. The molecular weight excluding hydrogens is 252 g/mol. The van der Waals surface area contributed by atoms with Crippen molar-refractivity contribution in [1.29, 1.82) is 0 Å². The molecule has 0 bridgehead atoms. The molecule has 0 amide bonds. The molecule has 0 radical (unpaired) electrons. The van der Waals surface area contributed by atoms with E-state index in [0.29, 0.717) is 24.0 Å². The van der Waals surface area contributed by atoms with E-state index >= 15 is 0 Å². The predicted octanol–water partition coefficient (Wildman–Crippen LogP) is 3.20.